The molecule has 0 aromatic heterocycles. The van der Waals surface area contributed by atoms with E-state index < -0.39 is 0 Å². The van der Waals surface area contributed by atoms with E-state index in [4.69, 9.17) is 16.2 Å². The number of carbonyl (C=O) groups excluding carboxylic acids is 1. The summed E-state index contributed by atoms with van der Waals surface area (Å²) in [4.78, 5) is 12.9. The van der Waals surface area contributed by atoms with Crippen LogP contribution in [0.3, 0.4) is 0 Å². The van der Waals surface area contributed by atoms with Gasteiger partial charge in [-0.15, -0.1) is 0 Å². The fourth-order valence-electron chi connectivity index (χ4n) is 9.32. The first-order valence-electron chi connectivity index (χ1n) is 15.2. The van der Waals surface area contributed by atoms with Crippen LogP contribution in [0.5, 0.6) is 0 Å². The Kier molecular flexibility index (Phi) is 7.41. The van der Waals surface area contributed by atoms with E-state index in [0.29, 0.717) is 45.5 Å². The van der Waals surface area contributed by atoms with E-state index >= 15 is 0 Å². The number of nitrogen functional groups attached to an aromatic ring is 2. The summed E-state index contributed by atoms with van der Waals surface area (Å²) in [7, 11) is 0. The minimum absolute atomic E-state index is 0.0359. The van der Waals surface area contributed by atoms with Crippen LogP contribution in [0.25, 0.3) is 0 Å². The topological polar surface area (TPSA) is 78.3 Å². The molecule has 3 saturated carbocycles. The molecule has 37 heavy (non-hydrogen) atoms. The lowest BCUT2D eigenvalue weighted by Gasteiger charge is -2.53. The SMILES string of the molecule is CC(C)CCCCC1CCC2C3C=CC4CC(OC(=O)c5cc(N)cc(N)c5)CCC4(CCC12C)C3C. The van der Waals surface area contributed by atoms with Crippen molar-refractivity contribution in [2.24, 2.45) is 46.3 Å². The van der Waals surface area contributed by atoms with Crippen LogP contribution in [0.2, 0.25) is 0 Å². The van der Waals surface area contributed by atoms with Gasteiger partial charge in [-0.3, -0.25) is 0 Å². The molecule has 4 heteroatoms. The van der Waals surface area contributed by atoms with Gasteiger partial charge in [0.05, 0.1) is 5.56 Å². The monoisotopic (exact) mass is 506 g/mol. The van der Waals surface area contributed by atoms with Gasteiger partial charge in [0.25, 0.3) is 0 Å². The standard InChI is InChI=1S/C33H50N2O2/c1-21(2)7-5-6-8-24-10-12-30-29-11-9-25-19-28(37-31(36)23-17-26(34)20-27(35)18-23)13-14-33(25,22(29)3)16-15-32(24,30)4/h9,11,17-18,20-22,24-25,28-30H,5-8,10,12-16,19,34-35H2,1-4H3. The van der Waals surface area contributed by atoms with Gasteiger partial charge in [-0.2, -0.15) is 0 Å². The molecule has 0 radical (unpaired) electrons. The van der Waals surface area contributed by atoms with Gasteiger partial charge in [0.1, 0.15) is 6.10 Å². The van der Waals surface area contributed by atoms with Crippen LogP contribution in [0.4, 0.5) is 11.4 Å². The van der Waals surface area contributed by atoms with Crippen molar-refractivity contribution in [1.82, 2.24) is 0 Å². The average Bonchev–Trinajstić information content (AvgIpc) is 3.14. The molecule has 8 atom stereocenters. The van der Waals surface area contributed by atoms with Crippen molar-refractivity contribution in [3.05, 3.63) is 35.9 Å². The Balaban J connectivity index is 1.27. The highest BCUT2D eigenvalue weighted by atomic mass is 16.5. The van der Waals surface area contributed by atoms with Crippen molar-refractivity contribution in [3.8, 4) is 0 Å². The number of hydrogen-bond acceptors (Lipinski definition) is 4. The Morgan fingerprint density at radius 3 is 2.51 bits per heavy atom. The minimum atomic E-state index is -0.297. The molecule has 2 bridgehead atoms. The van der Waals surface area contributed by atoms with Gasteiger partial charge in [0, 0.05) is 11.4 Å². The maximum Gasteiger partial charge on any atom is 0.338 e. The second-order valence-electron chi connectivity index (χ2n) is 13.8. The van der Waals surface area contributed by atoms with Crippen LogP contribution < -0.4 is 11.5 Å². The lowest BCUT2D eigenvalue weighted by molar-refractivity contribution is -0.0444. The Labute approximate surface area is 225 Å². The van der Waals surface area contributed by atoms with Gasteiger partial charge >= 0.3 is 5.97 Å². The number of anilines is 2. The van der Waals surface area contributed by atoms with Crippen molar-refractivity contribution in [3.63, 3.8) is 0 Å². The maximum absolute atomic E-state index is 12.9. The van der Waals surface area contributed by atoms with Gasteiger partial charge in [0.2, 0.25) is 0 Å². The summed E-state index contributed by atoms with van der Waals surface area (Å²) in [5.74, 6) is 4.17. The molecule has 1 spiro atoms. The Morgan fingerprint density at radius 2 is 1.78 bits per heavy atom. The minimum Gasteiger partial charge on any atom is -0.459 e. The molecule has 5 rings (SSSR count). The first-order valence-corrected chi connectivity index (χ1v) is 15.2. The lowest BCUT2D eigenvalue weighted by Crippen LogP contribution is -2.47. The van der Waals surface area contributed by atoms with Crippen molar-refractivity contribution in [2.45, 2.75) is 104 Å². The van der Waals surface area contributed by atoms with Crippen molar-refractivity contribution < 1.29 is 9.53 Å². The molecule has 0 heterocycles. The Hall–Kier alpha value is -1.97. The maximum atomic E-state index is 12.9. The number of allylic oxidation sites excluding steroid dienone is 2. The number of esters is 1. The smallest absolute Gasteiger partial charge is 0.338 e. The van der Waals surface area contributed by atoms with E-state index in [2.05, 4.69) is 39.8 Å². The van der Waals surface area contributed by atoms with Crippen LogP contribution in [-0.4, -0.2) is 12.1 Å². The molecule has 4 aliphatic carbocycles. The third kappa shape index (κ3) is 4.94. The normalized spacial score (nSPS) is 38.6. The molecule has 8 unspecified atom stereocenters. The zero-order valence-corrected chi connectivity index (χ0v) is 23.7. The molecule has 4 nitrogen and oxygen atoms in total. The average molecular weight is 507 g/mol. The number of rotatable bonds is 7. The molecular formula is C33H50N2O2. The van der Waals surface area contributed by atoms with E-state index in [1.54, 1.807) is 18.2 Å². The van der Waals surface area contributed by atoms with Crippen molar-refractivity contribution >= 4 is 17.3 Å². The van der Waals surface area contributed by atoms with Gasteiger partial charge in [-0.1, -0.05) is 59.1 Å². The number of fused-ring (bicyclic) bond motifs is 3. The van der Waals surface area contributed by atoms with Gasteiger partial charge < -0.3 is 16.2 Å². The highest BCUT2D eigenvalue weighted by Gasteiger charge is 2.59. The number of hydrogen-bond donors (Lipinski definition) is 2. The van der Waals surface area contributed by atoms with E-state index in [-0.39, 0.29) is 12.1 Å². The predicted molar refractivity (Wildman–Crippen MR) is 153 cm³/mol. The number of carbonyl (C=O) groups is 1. The van der Waals surface area contributed by atoms with Crippen LogP contribution >= 0.6 is 0 Å². The lowest BCUT2D eigenvalue weighted by atomic mass is 9.52. The third-order valence-electron chi connectivity index (χ3n) is 11.5. The summed E-state index contributed by atoms with van der Waals surface area (Å²) in [5.41, 5.74) is 14.1. The van der Waals surface area contributed by atoms with E-state index in [1.165, 1.54) is 57.8 Å². The highest BCUT2D eigenvalue weighted by molar-refractivity contribution is 5.91. The summed E-state index contributed by atoms with van der Waals surface area (Å²) < 4.78 is 6.04. The molecule has 0 aliphatic heterocycles. The molecule has 4 aliphatic rings. The number of ether oxygens (including phenoxy) is 1. The summed E-state index contributed by atoms with van der Waals surface area (Å²) in [6, 6.07) is 5.00. The van der Waals surface area contributed by atoms with Crippen LogP contribution in [0, 0.1) is 46.3 Å². The molecule has 1 aromatic rings. The number of unbranched alkanes of at least 4 members (excludes halogenated alkanes) is 1. The summed E-state index contributed by atoms with van der Waals surface area (Å²) in [6.45, 7) is 9.93. The molecule has 0 saturated heterocycles. The fourth-order valence-corrected chi connectivity index (χ4v) is 9.32. The summed E-state index contributed by atoms with van der Waals surface area (Å²) in [5, 5.41) is 0. The fraction of sp³-hybridized carbons (Fsp3) is 0.727. The van der Waals surface area contributed by atoms with E-state index in [0.717, 1.165) is 30.6 Å². The van der Waals surface area contributed by atoms with Gasteiger partial charge in [0.15, 0.2) is 0 Å². The molecular weight excluding hydrogens is 456 g/mol. The molecule has 4 N–H and O–H groups in total. The van der Waals surface area contributed by atoms with Gasteiger partial charge in [-0.25, -0.2) is 4.79 Å². The molecule has 204 valence electrons. The van der Waals surface area contributed by atoms with Crippen LogP contribution in [0.15, 0.2) is 30.4 Å². The van der Waals surface area contributed by atoms with Crippen LogP contribution in [-0.2, 0) is 4.74 Å². The van der Waals surface area contributed by atoms with Crippen molar-refractivity contribution in [1.29, 1.82) is 0 Å². The molecule has 0 amide bonds. The quantitative estimate of drug-likeness (QED) is 0.170. The first-order chi connectivity index (χ1) is 17.6. The Morgan fingerprint density at radius 1 is 1.03 bits per heavy atom. The second kappa shape index (κ2) is 10.3. The predicted octanol–water partition coefficient (Wildman–Crippen LogP) is 8.03. The second-order valence-corrected chi connectivity index (χ2v) is 13.8. The van der Waals surface area contributed by atoms with E-state index in [1.807, 2.05) is 0 Å². The summed E-state index contributed by atoms with van der Waals surface area (Å²) in [6.07, 6.45) is 19.3. The van der Waals surface area contributed by atoms with Crippen LogP contribution in [0.1, 0.15) is 109 Å². The Bertz CT molecular complexity index is 997. The molecule has 1 aromatic carbocycles. The largest absolute Gasteiger partial charge is 0.459 e. The number of nitrogens with two attached hydrogens (primary N) is 2. The highest BCUT2D eigenvalue weighted by Crippen LogP contribution is 2.67. The third-order valence-corrected chi connectivity index (χ3v) is 11.5. The first kappa shape index (κ1) is 26.6. The van der Waals surface area contributed by atoms with E-state index in [9.17, 15) is 4.79 Å². The zero-order chi connectivity index (χ0) is 26.4. The van der Waals surface area contributed by atoms with Gasteiger partial charge in [-0.05, 0) is 116 Å². The number of benzene rings is 1. The summed E-state index contributed by atoms with van der Waals surface area (Å²) >= 11 is 0. The van der Waals surface area contributed by atoms with Crippen molar-refractivity contribution in [2.75, 3.05) is 11.5 Å². The molecule has 3 fully saturated rings. The zero-order valence-electron chi connectivity index (χ0n) is 23.7.